The highest BCUT2D eigenvalue weighted by Gasteiger charge is 2.23. The topological polar surface area (TPSA) is 38.7 Å². The van der Waals surface area contributed by atoms with E-state index in [1.54, 1.807) is 0 Å². The summed E-state index contributed by atoms with van der Waals surface area (Å²) in [6, 6.07) is 0. The Bertz CT molecular complexity index is 288. The average Bonchev–Trinajstić information content (AvgIpc) is 2.26. The number of rotatable bonds is 3. The van der Waals surface area contributed by atoms with Crippen LogP contribution in [0.4, 0.5) is 0 Å². The minimum atomic E-state index is -1.08. The van der Waals surface area contributed by atoms with Crippen molar-refractivity contribution in [2.45, 2.75) is 47.8 Å². The van der Waals surface area contributed by atoms with E-state index >= 15 is 0 Å². The molecule has 3 nitrogen and oxygen atoms in total. The Balaban J connectivity index is 0. The van der Waals surface area contributed by atoms with Crippen molar-refractivity contribution in [1.29, 1.82) is 0 Å². The molecule has 1 N–H and O–H groups in total. The minimum absolute atomic E-state index is 0.00762. The lowest BCUT2D eigenvalue weighted by molar-refractivity contribution is -0.0645. The number of hydrogen-bond acceptors (Lipinski definition) is 5. The van der Waals surface area contributed by atoms with Gasteiger partial charge in [0.05, 0.1) is 0 Å². The molecule has 0 aromatic heterocycles. The molecule has 0 fully saturated rings. The molecule has 0 rings (SSSR count). The quantitative estimate of drug-likeness (QED) is 0.635. The van der Waals surface area contributed by atoms with Gasteiger partial charge in [-0.25, -0.2) is 0 Å². The van der Waals surface area contributed by atoms with Crippen LogP contribution in [0.3, 0.4) is 0 Å². The van der Waals surface area contributed by atoms with Crippen LogP contribution >= 0.6 is 24.4 Å². The van der Waals surface area contributed by atoms with Crippen molar-refractivity contribution in [2.24, 2.45) is 10.8 Å². The van der Waals surface area contributed by atoms with Crippen LogP contribution in [-0.4, -0.2) is 28.1 Å². The predicted molar refractivity (Wildman–Crippen MR) is 87.9 cm³/mol. The molecule has 2 radical (unpaired) electrons. The van der Waals surface area contributed by atoms with E-state index in [-0.39, 0.29) is 17.4 Å². The van der Waals surface area contributed by atoms with Crippen LogP contribution in [0.15, 0.2) is 0 Å². The van der Waals surface area contributed by atoms with E-state index < -0.39 is 6.29 Å². The largest absolute Gasteiger partial charge is 0.480 e. The third kappa shape index (κ3) is 10.2. The van der Waals surface area contributed by atoms with Gasteiger partial charge in [0.2, 0.25) is 6.29 Å². The fraction of sp³-hybridized carbons (Fsp3) is 0.714. The Morgan fingerprint density at radius 3 is 1.68 bits per heavy atom. The van der Waals surface area contributed by atoms with Crippen molar-refractivity contribution in [3.05, 3.63) is 13.8 Å². The normalized spacial score (nSPS) is 12.9. The standard InChI is InChI=1S/C12H22O3S2.C2H4/c1-11(2,3)9(16)14-7-8(13)15-10(17)12(4,5)6;1-2/h8,13H,7H2,1-6H3;1-2H2. The molecular formula is C14H26O3S2. The average molecular weight is 306 g/mol. The van der Waals surface area contributed by atoms with E-state index in [1.807, 2.05) is 41.5 Å². The van der Waals surface area contributed by atoms with Gasteiger partial charge in [0, 0.05) is 10.8 Å². The predicted octanol–water partition coefficient (Wildman–Crippen LogP) is 3.74. The molecule has 19 heavy (non-hydrogen) atoms. The minimum Gasteiger partial charge on any atom is -0.480 e. The lowest BCUT2D eigenvalue weighted by Gasteiger charge is -2.25. The number of ether oxygens (including phenoxy) is 2. The van der Waals surface area contributed by atoms with Crippen LogP contribution in [0.25, 0.3) is 0 Å². The molecule has 0 spiro atoms. The summed E-state index contributed by atoms with van der Waals surface area (Å²) >= 11 is 10.1. The van der Waals surface area contributed by atoms with Gasteiger partial charge in [0.15, 0.2) is 16.7 Å². The van der Waals surface area contributed by atoms with Gasteiger partial charge in [-0.15, -0.1) is 0 Å². The van der Waals surface area contributed by atoms with Gasteiger partial charge in [0.25, 0.3) is 0 Å². The van der Waals surface area contributed by atoms with Crippen molar-refractivity contribution in [3.63, 3.8) is 0 Å². The molecule has 0 aliphatic carbocycles. The van der Waals surface area contributed by atoms with Gasteiger partial charge in [-0.2, -0.15) is 0 Å². The second-order valence-electron chi connectivity index (χ2n) is 5.96. The third-order valence-electron chi connectivity index (χ3n) is 1.82. The SMILES string of the molecule is CC(C)(C)C(=S)OCC(O)OC(=S)C(C)(C)C.[CH2][CH2]. The Morgan fingerprint density at radius 2 is 1.37 bits per heavy atom. The fourth-order valence-electron chi connectivity index (χ4n) is 0.698. The number of aliphatic hydroxyl groups is 1. The highest BCUT2D eigenvalue weighted by atomic mass is 32.1. The molecule has 0 aliphatic rings. The van der Waals surface area contributed by atoms with Crippen molar-refractivity contribution in [1.82, 2.24) is 0 Å². The zero-order valence-corrected chi connectivity index (χ0v) is 14.4. The first-order valence-electron chi connectivity index (χ1n) is 6.01. The first-order chi connectivity index (χ1) is 8.44. The van der Waals surface area contributed by atoms with E-state index in [2.05, 4.69) is 13.8 Å². The molecule has 0 aliphatic heterocycles. The van der Waals surface area contributed by atoms with Crippen LogP contribution in [-0.2, 0) is 9.47 Å². The van der Waals surface area contributed by atoms with Crippen LogP contribution < -0.4 is 0 Å². The summed E-state index contributed by atoms with van der Waals surface area (Å²) in [4.78, 5) is 0. The highest BCUT2D eigenvalue weighted by molar-refractivity contribution is 7.80. The van der Waals surface area contributed by atoms with Gasteiger partial charge < -0.3 is 14.6 Å². The molecule has 0 saturated heterocycles. The summed E-state index contributed by atoms with van der Waals surface area (Å²) in [5.74, 6) is 0. The monoisotopic (exact) mass is 306 g/mol. The van der Waals surface area contributed by atoms with Gasteiger partial charge in [0.1, 0.15) is 0 Å². The molecule has 0 bridgehead atoms. The molecule has 0 aromatic carbocycles. The lowest BCUT2D eigenvalue weighted by atomic mass is 9.98. The number of hydrogen-bond donors (Lipinski definition) is 1. The molecule has 1 atom stereocenters. The summed E-state index contributed by atoms with van der Waals surface area (Å²) in [5.41, 5.74) is -0.500. The molecule has 5 heteroatoms. The molecular weight excluding hydrogens is 280 g/mol. The second kappa shape index (κ2) is 8.82. The van der Waals surface area contributed by atoms with Gasteiger partial charge >= 0.3 is 0 Å². The Morgan fingerprint density at radius 1 is 1.00 bits per heavy atom. The molecule has 1 unspecified atom stereocenters. The first kappa shape index (κ1) is 21.0. The van der Waals surface area contributed by atoms with Crippen LogP contribution in [0.2, 0.25) is 0 Å². The van der Waals surface area contributed by atoms with E-state index in [1.165, 1.54) is 0 Å². The maximum Gasteiger partial charge on any atom is 0.232 e. The maximum atomic E-state index is 9.60. The fourth-order valence-corrected chi connectivity index (χ4v) is 0.877. The highest BCUT2D eigenvalue weighted by Crippen LogP contribution is 2.19. The molecule has 0 amide bonds. The Kier molecular flexibility index (Phi) is 9.77. The van der Waals surface area contributed by atoms with Crippen LogP contribution in [0.5, 0.6) is 0 Å². The molecule has 0 heterocycles. The van der Waals surface area contributed by atoms with Crippen molar-refractivity contribution in [3.8, 4) is 0 Å². The summed E-state index contributed by atoms with van der Waals surface area (Å²) in [6.07, 6.45) is -1.08. The van der Waals surface area contributed by atoms with E-state index in [0.29, 0.717) is 10.1 Å². The van der Waals surface area contributed by atoms with E-state index in [0.717, 1.165) is 0 Å². The first-order valence-corrected chi connectivity index (χ1v) is 6.82. The van der Waals surface area contributed by atoms with E-state index in [9.17, 15) is 5.11 Å². The summed E-state index contributed by atoms with van der Waals surface area (Å²) in [5, 5.41) is 10.4. The van der Waals surface area contributed by atoms with Crippen LogP contribution in [0, 0.1) is 24.7 Å². The zero-order chi connectivity index (χ0) is 15.9. The van der Waals surface area contributed by atoms with Gasteiger partial charge in [-0.05, 0) is 24.4 Å². The molecule has 0 aromatic rings. The summed E-state index contributed by atoms with van der Waals surface area (Å²) in [7, 11) is 0. The summed E-state index contributed by atoms with van der Waals surface area (Å²) < 4.78 is 10.5. The third-order valence-corrected chi connectivity index (χ3v) is 3.26. The van der Waals surface area contributed by atoms with Crippen molar-refractivity contribution >= 4 is 34.5 Å². The Hall–Kier alpha value is -0.260. The molecule has 0 saturated carbocycles. The van der Waals surface area contributed by atoms with Crippen LogP contribution in [0.1, 0.15) is 41.5 Å². The maximum absolute atomic E-state index is 9.60. The number of thiocarbonyl (C=S) groups is 2. The van der Waals surface area contributed by atoms with Crippen molar-refractivity contribution < 1.29 is 14.6 Å². The zero-order valence-electron chi connectivity index (χ0n) is 12.8. The van der Waals surface area contributed by atoms with Gasteiger partial charge in [-0.1, -0.05) is 55.4 Å². The lowest BCUT2D eigenvalue weighted by Crippen LogP contribution is -2.31. The molecule has 112 valence electrons. The second-order valence-corrected chi connectivity index (χ2v) is 6.70. The smallest absolute Gasteiger partial charge is 0.232 e. The summed E-state index contributed by atoms with van der Waals surface area (Å²) in [6.45, 7) is 17.6. The van der Waals surface area contributed by atoms with Crippen molar-refractivity contribution in [2.75, 3.05) is 6.61 Å². The van der Waals surface area contributed by atoms with Gasteiger partial charge in [-0.3, -0.25) is 0 Å². The van der Waals surface area contributed by atoms with E-state index in [4.69, 9.17) is 33.9 Å². The number of aliphatic hydroxyl groups excluding tert-OH is 1. The Labute approximate surface area is 128 Å².